The van der Waals surface area contributed by atoms with Crippen LogP contribution in [0.5, 0.6) is 0 Å². The standard InChI is InChI=1S/C12H24Cl6S4Si2/c1-11(9-23(13,14)15)5-3-7-19-21-22-20-8-4-6-12(2)10-24(16,17)18/h11-12H,3-10H2,1-2H3. The van der Waals surface area contributed by atoms with Crippen LogP contribution in [0, 0.1) is 11.8 Å². The van der Waals surface area contributed by atoms with E-state index in [4.69, 9.17) is 66.5 Å². The zero-order valence-corrected chi connectivity index (χ0v) is 23.5. The van der Waals surface area contributed by atoms with Gasteiger partial charge in [-0.2, -0.15) is 0 Å². The van der Waals surface area contributed by atoms with E-state index in [1.807, 2.05) is 41.2 Å². The topological polar surface area (TPSA) is 0 Å². The Morgan fingerprint density at radius 3 is 1.29 bits per heavy atom. The van der Waals surface area contributed by atoms with Crippen molar-refractivity contribution >= 4 is 120 Å². The quantitative estimate of drug-likeness (QED) is 0.0839. The van der Waals surface area contributed by atoms with Gasteiger partial charge in [-0.05, 0) is 56.4 Å². The van der Waals surface area contributed by atoms with Crippen molar-refractivity contribution in [2.75, 3.05) is 11.5 Å². The molecule has 2 unspecified atom stereocenters. The van der Waals surface area contributed by atoms with Gasteiger partial charge in [0.25, 0.3) is 0 Å². The average molecular weight is 565 g/mol. The second-order valence-electron chi connectivity index (χ2n) is 5.91. The lowest BCUT2D eigenvalue weighted by atomic mass is 10.1. The van der Waals surface area contributed by atoms with E-state index in [-0.39, 0.29) is 0 Å². The maximum Gasteiger partial charge on any atom is 0.341 e. The van der Waals surface area contributed by atoms with Crippen LogP contribution in [0.1, 0.15) is 39.5 Å². The summed E-state index contributed by atoms with van der Waals surface area (Å²) in [6, 6.07) is -3.39. The van der Waals surface area contributed by atoms with Gasteiger partial charge in [0.1, 0.15) is 0 Å². The molecule has 0 radical (unpaired) electrons. The molecule has 0 heterocycles. The molecule has 0 aromatic heterocycles. The maximum absolute atomic E-state index is 5.94. The molecule has 0 rings (SSSR count). The van der Waals surface area contributed by atoms with Crippen LogP contribution in [0.4, 0.5) is 0 Å². The molecule has 0 saturated carbocycles. The first-order valence-corrected chi connectivity index (χ1v) is 23.3. The van der Waals surface area contributed by atoms with Crippen molar-refractivity contribution in [2.24, 2.45) is 11.8 Å². The molecule has 0 spiro atoms. The second kappa shape index (κ2) is 15.4. The summed E-state index contributed by atoms with van der Waals surface area (Å²) < 4.78 is 0. The van der Waals surface area contributed by atoms with Crippen LogP contribution in [0.25, 0.3) is 0 Å². The highest BCUT2D eigenvalue weighted by atomic mass is 35.8. The third-order valence-electron chi connectivity index (χ3n) is 3.13. The Hall–Kier alpha value is 3.57. The monoisotopic (exact) mass is 562 g/mol. The SMILES string of the molecule is CC(CCCSSSSCCCC(C)C[Si](Cl)(Cl)Cl)C[Si](Cl)(Cl)Cl. The van der Waals surface area contributed by atoms with Gasteiger partial charge in [-0.25, -0.2) is 0 Å². The van der Waals surface area contributed by atoms with Gasteiger partial charge >= 0.3 is 12.0 Å². The summed E-state index contributed by atoms with van der Waals surface area (Å²) in [5.74, 6) is 3.31. The van der Waals surface area contributed by atoms with Gasteiger partial charge in [-0.15, -0.1) is 66.5 Å². The summed E-state index contributed by atoms with van der Waals surface area (Å²) in [5.41, 5.74) is 0. The van der Waals surface area contributed by atoms with E-state index in [2.05, 4.69) is 13.8 Å². The van der Waals surface area contributed by atoms with Gasteiger partial charge < -0.3 is 0 Å². The molecule has 0 fully saturated rings. The fourth-order valence-electron chi connectivity index (χ4n) is 2.08. The fraction of sp³-hybridized carbons (Fsp3) is 1.00. The highest BCUT2D eigenvalue weighted by Crippen LogP contribution is 2.44. The zero-order chi connectivity index (χ0) is 18.6. The predicted octanol–water partition coefficient (Wildman–Crippen LogP) is 9.81. The predicted molar refractivity (Wildman–Crippen MR) is 133 cm³/mol. The van der Waals surface area contributed by atoms with Crippen LogP contribution in [-0.2, 0) is 0 Å². The summed E-state index contributed by atoms with van der Waals surface area (Å²) in [7, 11) is 7.53. The summed E-state index contributed by atoms with van der Waals surface area (Å²) in [6.07, 6.45) is 4.63. The van der Waals surface area contributed by atoms with Gasteiger partial charge in [0.2, 0.25) is 0 Å². The molecular formula is C12H24Cl6S4Si2. The molecule has 2 atom stereocenters. The molecule has 0 aliphatic carbocycles. The van der Waals surface area contributed by atoms with Crippen molar-refractivity contribution in [3.63, 3.8) is 0 Å². The summed E-state index contributed by atoms with van der Waals surface area (Å²) in [4.78, 5) is 0. The minimum absolute atomic E-state index is 0.509. The molecule has 12 heteroatoms. The minimum Gasteiger partial charge on any atom is -0.126 e. The normalized spacial score (nSPS) is 15.5. The first-order valence-electron chi connectivity index (χ1n) is 7.71. The lowest BCUT2D eigenvalue weighted by Crippen LogP contribution is -2.14. The fourth-order valence-corrected chi connectivity index (χ4v) is 15.0. The van der Waals surface area contributed by atoms with Gasteiger partial charge in [0.15, 0.2) is 0 Å². The lowest BCUT2D eigenvalue weighted by Gasteiger charge is -2.15. The van der Waals surface area contributed by atoms with Crippen LogP contribution in [0.15, 0.2) is 0 Å². The molecule has 0 N–H and O–H groups in total. The maximum atomic E-state index is 5.94. The van der Waals surface area contributed by atoms with Gasteiger partial charge in [0.05, 0.1) is 0 Å². The Balaban J connectivity index is 3.34. The number of hydrogen-bond donors (Lipinski definition) is 0. The van der Waals surface area contributed by atoms with E-state index in [9.17, 15) is 0 Å². The molecular weight excluding hydrogens is 541 g/mol. The zero-order valence-electron chi connectivity index (χ0n) is 13.7. The number of hydrogen-bond acceptors (Lipinski definition) is 4. The van der Waals surface area contributed by atoms with E-state index in [1.165, 1.54) is 12.8 Å². The molecule has 0 aromatic rings. The Labute approximate surface area is 192 Å². The number of rotatable bonds is 15. The van der Waals surface area contributed by atoms with Crippen molar-refractivity contribution in [3.8, 4) is 0 Å². The van der Waals surface area contributed by atoms with Crippen LogP contribution in [0.3, 0.4) is 0 Å². The molecule has 0 nitrogen and oxygen atoms in total. The highest BCUT2D eigenvalue weighted by molar-refractivity contribution is 9.26. The number of halogens is 6. The third kappa shape index (κ3) is 21.9. The first-order chi connectivity index (χ1) is 11.0. The Morgan fingerprint density at radius 2 is 1.00 bits per heavy atom. The van der Waals surface area contributed by atoms with E-state index in [0.717, 1.165) is 36.4 Å². The Morgan fingerprint density at radius 1 is 0.667 bits per heavy atom. The van der Waals surface area contributed by atoms with Crippen molar-refractivity contribution in [1.29, 1.82) is 0 Å². The van der Waals surface area contributed by atoms with E-state index < -0.39 is 12.0 Å². The largest absolute Gasteiger partial charge is 0.341 e. The van der Waals surface area contributed by atoms with Crippen molar-refractivity contribution in [1.82, 2.24) is 0 Å². The van der Waals surface area contributed by atoms with E-state index in [1.54, 1.807) is 0 Å². The van der Waals surface area contributed by atoms with Gasteiger partial charge in [-0.3, -0.25) is 0 Å². The minimum atomic E-state index is -2.46. The van der Waals surface area contributed by atoms with Crippen molar-refractivity contribution in [3.05, 3.63) is 0 Å². The van der Waals surface area contributed by atoms with Gasteiger partial charge in [0, 0.05) is 11.5 Å². The smallest absolute Gasteiger partial charge is 0.126 e. The summed E-state index contributed by atoms with van der Waals surface area (Å²) >= 11 is 35.6. The highest BCUT2D eigenvalue weighted by Gasteiger charge is 2.28. The molecule has 0 aliphatic heterocycles. The summed E-state index contributed by atoms with van der Waals surface area (Å²) in [6.45, 7) is 4.34. The van der Waals surface area contributed by atoms with Crippen LogP contribution >= 0.6 is 108 Å². The van der Waals surface area contributed by atoms with E-state index in [0.29, 0.717) is 11.8 Å². The molecule has 24 heavy (non-hydrogen) atoms. The van der Waals surface area contributed by atoms with E-state index >= 15 is 0 Å². The molecule has 0 aromatic carbocycles. The third-order valence-corrected chi connectivity index (χ3v) is 14.9. The first kappa shape index (κ1) is 27.6. The van der Waals surface area contributed by atoms with Crippen LogP contribution in [-0.4, -0.2) is 23.5 Å². The van der Waals surface area contributed by atoms with Crippen LogP contribution in [0.2, 0.25) is 12.1 Å². The Bertz CT molecular complexity index is 287. The average Bonchev–Trinajstić information content (AvgIpc) is 2.36. The van der Waals surface area contributed by atoms with Gasteiger partial charge in [-0.1, -0.05) is 48.3 Å². The molecule has 146 valence electrons. The lowest BCUT2D eigenvalue weighted by molar-refractivity contribution is 0.576. The molecule has 0 aliphatic rings. The molecule has 0 saturated heterocycles. The molecule has 0 amide bonds. The van der Waals surface area contributed by atoms with Crippen molar-refractivity contribution in [2.45, 2.75) is 51.6 Å². The summed E-state index contributed by atoms with van der Waals surface area (Å²) in [5, 5.41) is 0. The van der Waals surface area contributed by atoms with Crippen LogP contribution < -0.4 is 0 Å². The molecule has 0 bridgehead atoms. The second-order valence-corrected chi connectivity index (χ2v) is 30.5. The van der Waals surface area contributed by atoms with Crippen molar-refractivity contribution < 1.29 is 0 Å². The Kier molecular flexibility index (Phi) is 17.7.